The summed E-state index contributed by atoms with van der Waals surface area (Å²) >= 11 is 12.4. The van der Waals surface area contributed by atoms with Crippen LogP contribution in [0.3, 0.4) is 0 Å². The average Bonchev–Trinajstić information content (AvgIpc) is 2.85. The molecule has 1 unspecified atom stereocenters. The number of hydrogen-bond donors (Lipinski definition) is 1. The summed E-state index contributed by atoms with van der Waals surface area (Å²) in [5.74, 6) is 0.542. The lowest BCUT2D eigenvalue weighted by Gasteiger charge is -2.36. The lowest BCUT2D eigenvalue weighted by Crippen LogP contribution is -2.41. The van der Waals surface area contributed by atoms with Gasteiger partial charge in [-0.1, -0.05) is 29.6 Å². The minimum atomic E-state index is 0.0186. The van der Waals surface area contributed by atoms with Crippen LogP contribution in [-0.4, -0.2) is 23.4 Å². The quantitative estimate of drug-likeness (QED) is 0.885. The van der Waals surface area contributed by atoms with Crippen LogP contribution in [0.15, 0.2) is 12.1 Å². The molecule has 1 heterocycles. The van der Waals surface area contributed by atoms with Gasteiger partial charge in [-0.3, -0.25) is 4.79 Å². The van der Waals surface area contributed by atoms with Gasteiger partial charge in [-0.2, -0.15) is 0 Å². The van der Waals surface area contributed by atoms with Crippen LogP contribution in [0.4, 0.5) is 0 Å². The molecule has 1 saturated carbocycles. The summed E-state index contributed by atoms with van der Waals surface area (Å²) < 4.78 is 0. The van der Waals surface area contributed by atoms with Gasteiger partial charge in [-0.25, -0.2) is 0 Å². The van der Waals surface area contributed by atoms with Crippen LogP contribution in [0, 0.1) is 5.92 Å². The molecule has 5 heteroatoms. The largest absolute Gasteiger partial charge is 0.336 e. The Morgan fingerprint density at radius 1 is 1.36 bits per heavy atom. The van der Waals surface area contributed by atoms with Gasteiger partial charge in [0.2, 0.25) is 5.91 Å². The van der Waals surface area contributed by atoms with E-state index in [0.717, 1.165) is 43.4 Å². The maximum Gasteiger partial charge on any atom is 0.223 e. The maximum absolute atomic E-state index is 12.7. The third-order valence-corrected chi connectivity index (χ3v) is 5.75. The number of carbonyl (C=O) groups excluding carboxylic acids is 1. The third kappa shape index (κ3) is 2.99. The SMILES string of the molecule is CC1c2cc(Cl)cc(Cl)c2CCN1C(=O)C[C@@H]1CCC[C@H]1N. The summed E-state index contributed by atoms with van der Waals surface area (Å²) in [5.41, 5.74) is 8.30. The molecule has 3 nitrogen and oxygen atoms in total. The van der Waals surface area contributed by atoms with E-state index in [4.69, 9.17) is 28.9 Å². The first-order valence-corrected chi connectivity index (χ1v) is 8.76. The Balaban J connectivity index is 1.77. The lowest BCUT2D eigenvalue weighted by atomic mass is 9.92. The molecule has 2 aliphatic rings. The molecule has 22 heavy (non-hydrogen) atoms. The Bertz CT molecular complexity index is 590. The van der Waals surface area contributed by atoms with E-state index in [1.807, 2.05) is 11.0 Å². The average molecular weight is 341 g/mol. The standard InChI is InChI=1S/C17H22Cl2N2O/c1-10-14-8-12(18)9-15(19)13(14)5-6-21(10)17(22)7-11-3-2-4-16(11)20/h8-11,16H,2-7,20H2,1H3/t10?,11-,16+/m0/s1. The fraction of sp³-hybridized carbons (Fsp3) is 0.588. The van der Waals surface area contributed by atoms with Crippen LogP contribution in [0.1, 0.15) is 49.8 Å². The van der Waals surface area contributed by atoms with Gasteiger partial charge in [0.15, 0.2) is 0 Å². The summed E-state index contributed by atoms with van der Waals surface area (Å²) in [7, 11) is 0. The van der Waals surface area contributed by atoms with Crippen LogP contribution in [0.25, 0.3) is 0 Å². The molecule has 3 atom stereocenters. The molecule has 0 spiro atoms. The number of rotatable bonds is 2. The number of nitrogens with two attached hydrogens (primary N) is 1. The maximum atomic E-state index is 12.7. The van der Waals surface area contributed by atoms with Crippen molar-refractivity contribution in [2.24, 2.45) is 11.7 Å². The molecular formula is C17H22Cl2N2O. The molecule has 120 valence electrons. The summed E-state index contributed by atoms with van der Waals surface area (Å²) in [4.78, 5) is 14.7. The highest BCUT2D eigenvalue weighted by Gasteiger charge is 2.32. The van der Waals surface area contributed by atoms with Gasteiger partial charge in [-0.15, -0.1) is 0 Å². The molecule has 3 rings (SSSR count). The highest BCUT2D eigenvalue weighted by molar-refractivity contribution is 6.35. The molecular weight excluding hydrogens is 319 g/mol. The molecule has 0 radical (unpaired) electrons. The Labute approximate surface area is 141 Å². The predicted molar refractivity (Wildman–Crippen MR) is 90.2 cm³/mol. The zero-order valence-electron chi connectivity index (χ0n) is 12.8. The smallest absolute Gasteiger partial charge is 0.223 e. The molecule has 1 aromatic carbocycles. The molecule has 0 saturated heterocycles. The molecule has 0 bridgehead atoms. The molecule has 2 N–H and O–H groups in total. The van der Waals surface area contributed by atoms with Gasteiger partial charge in [0.1, 0.15) is 0 Å². The summed E-state index contributed by atoms with van der Waals surface area (Å²) in [6, 6.07) is 3.92. The van der Waals surface area contributed by atoms with E-state index < -0.39 is 0 Å². The van der Waals surface area contributed by atoms with Crippen LogP contribution in [0.2, 0.25) is 10.0 Å². The first kappa shape index (κ1) is 16.1. The number of carbonyl (C=O) groups is 1. The predicted octanol–water partition coefficient (Wildman–Crippen LogP) is 3.96. The van der Waals surface area contributed by atoms with E-state index in [2.05, 4.69) is 6.92 Å². The van der Waals surface area contributed by atoms with Gasteiger partial charge < -0.3 is 10.6 Å². The van der Waals surface area contributed by atoms with Gasteiger partial charge in [0, 0.05) is 29.1 Å². The first-order chi connectivity index (χ1) is 10.5. The van der Waals surface area contributed by atoms with Crippen molar-refractivity contribution >= 4 is 29.1 Å². The number of hydrogen-bond acceptors (Lipinski definition) is 2. The van der Waals surface area contributed by atoms with Crippen molar-refractivity contribution in [2.45, 2.75) is 51.1 Å². The molecule has 1 fully saturated rings. The summed E-state index contributed by atoms with van der Waals surface area (Å²) in [6.45, 7) is 2.77. The third-order valence-electron chi connectivity index (χ3n) is 5.19. The summed E-state index contributed by atoms with van der Waals surface area (Å²) in [5, 5.41) is 1.34. The minimum Gasteiger partial charge on any atom is -0.336 e. The number of benzene rings is 1. The fourth-order valence-electron chi connectivity index (χ4n) is 3.85. The Hall–Kier alpha value is -0.770. The van der Waals surface area contributed by atoms with Crippen LogP contribution >= 0.6 is 23.2 Å². The van der Waals surface area contributed by atoms with Crippen molar-refractivity contribution < 1.29 is 4.79 Å². The topological polar surface area (TPSA) is 46.3 Å². The van der Waals surface area contributed by atoms with Crippen molar-refractivity contribution in [3.8, 4) is 0 Å². The van der Waals surface area contributed by atoms with E-state index in [1.54, 1.807) is 6.07 Å². The van der Waals surface area contributed by atoms with Crippen molar-refractivity contribution in [1.29, 1.82) is 0 Å². The van der Waals surface area contributed by atoms with E-state index in [0.29, 0.717) is 22.4 Å². The Morgan fingerprint density at radius 3 is 2.82 bits per heavy atom. The van der Waals surface area contributed by atoms with E-state index in [9.17, 15) is 4.79 Å². The Kier molecular flexibility index (Phi) is 4.67. The zero-order chi connectivity index (χ0) is 15.9. The van der Waals surface area contributed by atoms with Crippen LogP contribution in [-0.2, 0) is 11.2 Å². The van der Waals surface area contributed by atoms with Gasteiger partial charge in [-0.05, 0) is 55.4 Å². The fourth-order valence-corrected chi connectivity index (χ4v) is 4.46. The van der Waals surface area contributed by atoms with Crippen molar-refractivity contribution in [3.63, 3.8) is 0 Å². The normalized spacial score (nSPS) is 27.8. The van der Waals surface area contributed by atoms with Crippen molar-refractivity contribution in [2.75, 3.05) is 6.54 Å². The molecule has 1 aromatic rings. The lowest BCUT2D eigenvalue weighted by molar-refractivity contribution is -0.134. The molecule has 0 aromatic heterocycles. The van der Waals surface area contributed by atoms with Gasteiger partial charge >= 0.3 is 0 Å². The number of nitrogens with zero attached hydrogens (tertiary/aromatic N) is 1. The molecule has 1 aliphatic heterocycles. The number of fused-ring (bicyclic) bond motifs is 1. The van der Waals surface area contributed by atoms with Gasteiger partial charge in [0.25, 0.3) is 0 Å². The van der Waals surface area contributed by atoms with E-state index >= 15 is 0 Å². The van der Waals surface area contributed by atoms with Crippen LogP contribution < -0.4 is 5.73 Å². The second-order valence-electron chi connectivity index (χ2n) is 6.53. The van der Waals surface area contributed by atoms with E-state index in [1.165, 1.54) is 0 Å². The number of amides is 1. The molecule has 1 aliphatic carbocycles. The van der Waals surface area contributed by atoms with Crippen LogP contribution in [0.5, 0.6) is 0 Å². The van der Waals surface area contributed by atoms with E-state index in [-0.39, 0.29) is 18.0 Å². The Morgan fingerprint density at radius 2 is 2.14 bits per heavy atom. The van der Waals surface area contributed by atoms with Gasteiger partial charge in [0.05, 0.1) is 6.04 Å². The highest BCUT2D eigenvalue weighted by Crippen LogP contribution is 2.37. The second-order valence-corrected chi connectivity index (χ2v) is 7.37. The van der Waals surface area contributed by atoms with Crippen molar-refractivity contribution in [3.05, 3.63) is 33.3 Å². The monoisotopic (exact) mass is 340 g/mol. The zero-order valence-corrected chi connectivity index (χ0v) is 14.3. The minimum absolute atomic E-state index is 0.0186. The summed E-state index contributed by atoms with van der Waals surface area (Å²) in [6.07, 6.45) is 4.61. The van der Waals surface area contributed by atoms with Crippen molar-refractivity contribution in [1.82, 2.24) is 4.90 Å². The number of halogens is 2. The second kappa shape index (κ2) is 6.38. The highest BCUT2D eigenvalue weighted by atomic mass is 35.5. The molecule has 1 amide bonds. The first-order valence-electron chi connectivity index (χ1n) is 8.00.